The summed E-state index contributed by atoms with van der Waals surface area (Å²) in [5, 5.41) is 0. The fourth-order valence-electron chi connectivity index (χ4n) is 3.99. The number of hydrogen-bond donors (Lipinski definition) is 0. The summed E-state index contributed by atoms with van der Waals surface area (Å²) in [6.45, 7) is 2.70. The maximum Gasteiger partial charge on any atom is 0.241 e. The molecule has 1 amide bonds. The van der Waals surface area contributed by atoms with Gasteiger partial charge in [-0.3, -0.25) is 4.79 Å². The van der Waals surface area contributed by atoms with Crippen LogP contribution in [0.1, 0.15) is 31.7 Å². The van der Waals surface area contributed by atoms with Crippen LogP contribution in [0.4, 0.5) is 0 Å². The van der Waals surface area contributed by atoms with E-state index >= 15 is 0 Å². The van der Waals surface area contributed by atoms with Crippen LogP contribution in [0.15, 0.2) is 53.4 Å². The van der Waals surface area contributed by atoms with Gasteiger partial charge in [0.25, 0.3) is 0 Å². The molecule has 1 heterocycles. The van der Waals surface area contributed by atoms with Gasteiger partial charge in [0.1, 0.15) is 16.2 Å². The van der Waals surface area contributed by atoms with Crippen LogP contribution in [0.25, 0.3) is 0 Å². The highest BCUT2D eigenvalue weighted by molar-refractivity contribution is 14.1. The van der Waals surface area contributed by atoms with Crippen LogP contribution >= 0.6 is 34.4 Å². The van der Waals surface area contributed by atoms with E-state index in [1.165, 1.54) is 0 Å². The molecule has 2 atom stereocenters. The van der Waals surface area contributed by atoms with Crippen molar-refractivity contribution in [2.24, 2.45) is 0 Å². The van der Waals surface area contributed by atoms with Crippen molar-refractivity contribution in [3.05, 3.63) is 54.1 Å². The predicted molar refractivity (Wildman–Crippen MR) is 127 cm³/mol. The Hall–Kier alpha value is -1.41. The Bertz CT molecular complexity index is 832. The number of nitrogens with zero attached hydrogens (tertiary/aromatic N) is 1. The maximum absolute atomic E-state index is 13.5. The Balaban J connectivity index is 1.86. The van der Waals surface area contributed by atoms with Crippen LogP contribution in [0.2, 0.25) is 0 Å². The van der Waals surface area contributed by atoms with Gasteiger partial charge in [-0.05, 0) is 48.0 Å². The first-order chi connectivity index (χ1) is 14.1. The summed E-state index contributed by atoms with van der Waals surface area (Å²) in [4.78, 5) is 16.7. The standard InChI is InChI=1S/C23H28INO3S/c1-4-23(29-19-9-6-5-7-10-19)21(11-8-14-24)25(22(23)26)16-17-12-13-18(27-2)15-20(17)28-3/h5-7,9-10,12-13,15,21H,4,8,11,14,16H2,1-3H3. The number of carbonyl (C=O) groups excluding carboxylic acids is 1. The number of amides is 1. The molecular formula is C23H28INO3S. The molecule has 1 fully saturated rings. The zero-order valence-corrected chi connectivity index (χ0v) is 20.2. The number of likely N-dealkylation sites (tertiary alicyclic amines) is 1. The van der Waals surface area contributed by atoms with Crippen LogP contribution < -0.4 is 9.47 Å². The van der Waals surface area contributed by atoms with Gasteiger partial charge >= 0.3 is 0 Å². The van der Waals surface area contributed by atoms with Gasteiger partial charge in [0.05, 0.1) is 20.3 Å². The summed E-state index contributed by atoms with van der Waals surface area (Å²) in [6.07, 6.45) is 2.94. The van der Waals surface area contributed by atoms with Gasteiger partial charge in [0, 0.05) is 23.1 Å². The molecule has 0 spiro atoms. The number of methoxy groups -OCH3 is 2. The van der Waals surface area contributed by atoms with E-state index < -0.39 is 0 Å². The molecule has 0 aromatic heterocycles. The summed E-state index contributed by atoms with van der Waals surface area (Å²) >= 11 is 4.15. The van der Waals surface area contributed by atoms with E-state index in [4.69, 9.17) is 9.47 Å². The summed E-state index contributed by atoms with van der Waals surface area (Å²) in [5.74, 6) is 1.74. The van der Waals surface area contributed by atoms with Gasteiger partial charge in [-0.15, -0.1) is 11.8 Å². The number of ether oxygens (including phenoxy) is 2. The summed E-state index contributed by atoms with van der Waals surface area (Å²) in [7, 11) is 3.30. The molecule has 2 unspecified atom stereocenters. The molecular weight excluding hydrogens is 497 g/mol. The van der Waals surface area contributed by atoms with Crippen molar-refractivity contribution in [3.8, 4) is 11.5 Å². The Labute approximate surface area is 191 Å². The second kappa shape index (κ2) is 10.1. The molecule has 0 saturated carbocycles. The number of hydrogen-bond acceptors (Lipinski definition) is 4. The molecule has 0 N–H and O–H groups in total. The van der Waals surface area contributed by atoms with Crippen molar-refractivity contribution in [3.63, 3.8) is 0 Å². The van der Waals surface area contributed by atoms with Gasteiger partial charge < -0.3 is 14.4 Å². The van der Waals surface area contributed by atoms with Crippen LogP contribution in [0.3, 0.4) is 0 Å². The van der Waals surface area contributed by atoms with Crippen LogP contribution in [-0.2, 0) is 11.3 Å². The number of carbonyl (C=O) groups is 1. The van der Waals surface area contributed by atoms with E-state index in [1.54, 1.807) is 26.0 Å². The second-order valence-electron chi connectivity index (χ2n) is 7.12. The lowest BCUT2D eigenvalue weighted by atomic mass is 9.81. The lowest BCUT2D eigenvalue weighted by Gasteiger charge is -2.56. The molecule has 2 aromatic carbocycles. The molecule has 156 valence electrons. The van der Waals surface area contributed by atoms with Crippen molar-refractivity contribution in [2.75, 3.05) is 18.6 Å². The number of β-lactam (4-membered cyclic amide) rings is 1. The quantitative estimate of drug-likeness (QED) is 0.231. The fraction of sp³-hybridized carbons (Fsp3) is 0.435. The topological polar surface area (TPSA) is 38.8 Å². The van der Waals surface area contributed by atoms with Crippen LogP contribution in [0.5, 0.6) is 11.5 Å². The zero-order chi connectivity index (χ0) is 20.9. The van der Waals surface area contributed by atoms with Crippen molar-refractivity contribution >= 4 is 40.3 Å². The average Bonchev–Trinajstić information content (AvgIpc) is 2.77. The molecule has 0 bridgehead atoms. The zero-order valence-electron chi connectivity index (χ0n) is 17.2. The second-order valence-corrected chi connectivity index (χ2v) is 9.60. The number of halogens is 1. The number of alkyl halides is 1. The van der Waals surface area contributed by atoms with Crippen molar-refractivity contribution < 1.29 is 14.3 Å². The van der Waals surface area contributed by atoms with E-state index in [-0.39, 0.29) is 16.7 Å². The minimum Gasteiger partial charge on any atom is -0.497 e. The Morgan fingerprint density at radius 2 is 1.90 bits per heavy atom. The Morgan fingerprint density at radius 1 is 1.14 bits per heavy atom. The third-order valence-corrected chi connectivity index (χ3v) is 7.92. The highest BCUT2D eigenvalue weighted by Crippen LogP contribution is 2.51. The molecule has 0 radical (unpaired) electrons. The van der Waals surface area contributed by atoms with Crippen molar-refractivity contribution in [1.29, 1.82) is 0 Å². The SMILES string of the molecule is CCC1(Sc2ccccc2)C(=O)N(Cc2ccc(OC)cc2OC)C1CCCI. The average molecular weight is 525 g/mol. The summed E-state index contributed by atoms with van der Waals surface area (Å²) in [5.41, 5.74) is 1.01. The summed E-state index contributed by atoms with van der Waals surface area (Å²) < 4.78 is 11.6. The fourth-order valence-corrected chi connectivity index (χ4v) is 5.87. The Kier molecular flexibility index (Phi) is 7.73. The third kappa shape index (κ3) is 4.53. The minimum absolute atomic E-state index is 0.215. The van der Waals surface area contributed by atoms with E-state index in [2.05, 4.69) is 41.6 Å². The van der Waals surface area contributed by atoms with Gasteiger partial charge in [-0.2, -0.15) is 0 Å². The number of thioether (sulfide) groups is 1. The minimum atomic E-state index is -0.382. The van der Waals surface area contributed by atoms with Crippen molar-refractivity contribution in [2.45, 2.75) is 48.4 Å². The first-order valence-corrected chi connectivity index (χ1v) is 12.3. The smallest absolute Gasteiger partial charge is 0.241 e. The van der Waals surface area contributed by atoms with E-state index in [0.717, 1.165) is 45.6 Å². The highest BCUT2D eigenvalue weighted by Gasteiger charge is 2.59. The van der Waals surface area contributed by atoms with Crippen molar-refractivity contribution in [1.82, 2.24) is 4.90 Å². The first kappa shape index (κ1) is 22.3. The van der Waals surface area contributed by atoms with E-state index in [0.29, 0.717) is 6.54 Å². The first-order valence-electron chi connectivity index (χ1n) is 9.91. The molecule has 29 heavy (non-hydrogen) atoms. The summed E-state index contributed by atoms with van der Waals surface area (Å²) in [6, 6.07) is 16.3. The monoisotopic (exact) mass is 525 g/mol. The van der Waals surface area contributed by atoms with Gasteiger partial charge in [0.2, 0.25) is 5.91 Å². The Morgan fingerprint density at radius 3 is 2.52 bits per heavy atom. The molecule has 1 aliphatic heterocycles. The van der Waals surface area contributed by atoms with E-state index in [1.807, 2.05) is 41.3 Å². The van der Waals surface area contributed by atoms with E-state index in [9.17, 15) is 4.79 Å². The lowest BCUT2D eigenvalue weighted by molar-refractivity contribution is -0.154. The van der Waals surface area contributed by atoms with Crippen LogP contribution in [0, 0.1) is 0 Å². The van der Waals surface area contributed by atoms with Gasteiger partial charge in [0.15, 0.2) is 0 Å². The van der Waals surface area contributed by atoms with Crippen LogP contribution in [-0.4, -0.2) is 40.2 Å². The predicted octanol–water partition coefficient (Wildman–Crippen LogP) is 5.57. The normalized spacial score (nSPS) is 21.0. The highest BCUT2D eigenvalue weighted by atomic mass is 127. The maximum atomic E-state index is 13.5. The molecule has 3 rings (SSSR count). The lowest BCUT2D eigenvalue weighted by Crippen LogP contribution is -2.71. The molecule has 1 saturated heterocycles. The largest absolute Gasteiger partial charge is 0.497 e. The van der Waals surface area contributed by atoms with Gasteiger partial charge in [-0.25, -0.2) is 0 Å². The van der Waals surface area contributed by atoms with Gasteiger partial charge in [-0.1, -0.05) is 47.7 Å². The number of benzene rings is 2. The molecule has 1 aliphatic rings. The molecule has 6 heteroatoms. The number of rotatable bonds is 10. The molecule has 0 aliphatic carbocycles. The molecule has 2 aromatic rings. The molecule has 4 nitrogen and oxygen atoms in total. The third-order valence-electron chi connectivity index (χ3n) is 5.55.